The highest BCUT2D eigenvalue weighted by Gasteiger charge is 2.11. The van der Waals surface area contributed by atoms with Crippen LogP contribution in [-0.4, -0.2) is 21.1 Å². The number of aromatic nitrogens is 2. The van der Waals surface area contributed by atoms with Gasteiger partial charge in [-0.15, -0.1) is 0 Å². The molecule has 1 aromatic heterocycles. The highest BCUT2D eigenvalue weighted by molar-refractivity contribution is 7.80. The van der Waals surface area contributed by atoms with Crippen molar-refractivity contribution in [2.24, 2.45) is 10.8 Å². The molecule has 0 unspecified atom stereocenters. The van der Waals surface area contributed by atoms with Crippen molar-refractivity contribution < 1.29 is 0 Å². The van der Waals surface area contributed by atoms with E-state index in [9.17, 15) is 0 Å². The van der Waals surface area contributed by atoms with Crippen molar-refractivity contribution in [3.63, 3.8) is 0 Å². The van der Waals surface area contributed by atoms with Crippen LogP contribution >= 0.6 is 23.8 Å². The first-order valence-electron chi connectivity index (χ1n) is 7.13. The number of thiocarbonyl (C=S) groups is 1. The number of hydrogen-bond donors (Lipinski definition) is 2. The summed E-state index contributed by atoms with van der Waals surface area (Å²) in [5, 5.41) is 9.48. The molecule has 3 aromatic rings. The fourth-order valence-corrected chi connectivity index (χ4v) is 2.37. The second-order valence-corrected chi connectivity index (χ2v) is 5.83. The number of benzene rings is 2. The Labute approximate surface area is 149 Å². The molecule has 5 nitrogen and oxygen atoms in total. The molecule has 0 saturated carbocycles. The van der Waals surface area contributed by atoms with E-state index in [1.807, 2.05) is 60.8 Å². The van der Waals surface area contributed by atoms with Crippen LogP contribution in [0.5, 0.6) is 0 Å². The van der Waals surface area contributed by atoms with Crippen LogP contribution in [0.1, 0.15) is 5.56 Å². The van der Waals surface area contributed by atoms with E-state index in [2.05, 4.69) is 15.6 Å². The minimum Gasteiger partial charge on any atom is -0.375 e. The lowest BCUT2D eigenvalue weighted by Gasteiger charge is -2.00. The van der Waals surface area contributed by atoms with Crippen molar-refractivity contribution in [3.8, 4) is 16.9 Å². The van der Waals surface area contributed by atoms with E-state index in [0.29, 0.717) is 5.02 Å². The van der Waals surface area contributed by atoms with Gasteiger partial charge in [-0.3, -0.25) is 5.43 Å². The Morgan fingerprint density at radius 2 is 1.88 bits per heavy atom. The van der Waals surface area contributed by atoms with E-state index in [-0.39, 0.29) is 5.11 Å². The van der Waals surface area contributed by atoms with Crippen LogP contribution in [-0.2, 0) is 0 Å². The highest BCUT2D eigenvalue weighted by atomic mass is 35.5. The average molecular weight is 356 g/mol. The maximum Gasteiger partial charge on any atom is 0.184 e. The molecular weight excluding hydrogens is 342 g/mol. The third kappa shape index (κ3) is 3.79. The summed E-state index contributed by atoms with van der Waals surface area (Å²) in [6.45, 7) is 0. The molecule has 0 atom stereocenters. The first kappa shape index (κ1) is 16.2. The number of hydrazone groups is 1. The second-order valence-electron chi connectivity index (χ2n) is 4.95. The molecule has 120 valence electrons. The summed E-state index contributed by atoms with van der Waals surface area (Å²) in [4.78, 5) is 0. The Morgan fingerprint density at radius 1 is 1.17 bits per heavy atom. The summed E-state index contributed by atoms with van der Waals surface area (Å²) in [5.41, 5.74) is 11.4. The van der Waals surface area contributed by atoms with Crippen LogP contribution < -0.4 is 11.2 Å². The van der Waals surface area contributed by atoms with Gasteiger partial charge in [-0.25, -0.2) is 4.68 Å². The van der Waals surface area contributed by atoms with Gasteiger partial charge in [-0.1, -0.05) is 41.9 Å². The fraction of sp³-hybridized carbons (Fsp3) is 0. The number of hydrogen-bond acceptors (Lipinski definition) is 3. The minimum atomic E-state index is 0.106. The third-order valence-corrected chi connectivity index (χ3v) is 3.60. The molecule has 0 saturated heterocycles. The van der Waals surface area contributed by atoms with Crippen LogP contribution in [0.15, 0.2) is 65.9 Å². The summed E-state index contributed by atoms with van der Waals surface area (Å²) in [6, 6.07) is 17.3. The van der Waals surface area contributed by atoms with Gasteiger partial charge >= 0.3 is 0 Å². The molecule has 1 heterocycles. The molecule has 2 aromatic carbocycles. The van der Waals surface area contributed by atoms with E-state index in [0.717, 1.165) is 22.5 Å². The molecule has 0 aliphatic heterocycles. The lowest BCUT2D eigenvalue weighted by Crippen LogP contribution is -2.24. The lowest BCUT2D eigenvalue weighted by atomic mass is 10.1. The zero-order valence-corrected chi connectivity index (χ0v) is 14.1. The highest BCUT2D eigenvalue weighted by Crippen LogP contribution is 2.24. The van der Waals surface area contributed by atoms with Gasteiger partial charge in [0.25, 0.3) is 0 Å². The second kappa shape index (κ2) is 7.25. The Bertz CT molecular complexity index is 872. The molecule has 0 amide bonds. The standard InChI is InChI=1S/C17H14ClN5S/c18-14-8-6-12(7-9-14)16-13(10-20-21-17(19)24)11-23(22-16)15-4-2-1-3-5-15/h1-11H,(H3,19,21,24)/b20-10+. The third-order valence-electron chi connectivity index (χ3n) is 3.26. The number of nitrogens with zero attached hydrogens (tertiary/aromatic N) is 3. The molecule has 0 aliphatic carbocycles. The van der Waals surface area contributed by atoms with Crippen LogP contribution in [0.3, 0.4) is 0 Å². The van der Waals surface area contributed by atoms with Crippen molar-refractivity contribution in [2.75, 3.05) is 0 Å². The van der Waals surface area contributed by atoms with Crippen molar-refractivity contribution >= 4 is 35.1 Å². The first-order chi connectivity index (χ1) is 11.6. The minimum absolute atomic E-state index is 0.106. The van der Waals surface area contributed by atoms with Crippen LogP contribution in [0.25, 0.3) is 16.9 Å². The van der Waals surface area contributed by atoms with Gasteiger partial charge < -0.3 is 5.73 Å². The Kier molecular flexibility index (Phi) is 4.88. The zero-order chi connectivity index (χ0) is 16.9. The number of rotatable bonds is 4. The van der Waals surface area contributed by atoms with E-state index >= 15 is 0 Å². The molecule has 3 N–H and O–H groups in total. The van der Waals surface area contributed by atoms with Crippen LogP contribution in [0, 0.1) is 0 Å². The molecule has 24 heavy (non-hydrogen) atoms. The Hall–Kier alpha value is -2.70. The number of nitrogens with two attached hydrogens (primary N) is 1. The summed E-state index contributed by atoms with van der Waals surface area (Å²) in [5.74, 6) is 0. The summed E-state index contributed by atoms with van der Waals surface area (Å²) in [7, 11) is 0. The predicted octanol–water partition coefficient (Wildman–Crippen LogP) is 3.36. The van der Waals surface area contributed by atoms with Gasteiger partial charge in [0, 0.05) is 22.3 Å². The lowest BCUT2D eigenvalue weighted by molar-refractivity contribution is 0.884. The van der Waals surface area contributed by atoms with E-state index in [1.165, 1.54) is 0 Å². The summed E-state index contributed by atoms with van der Waals surface area (Å²) >= 11 is 10.7. The van der Waals surface area contributed by atoms with Gasteiger partial charge in [-0.2, -0.15) is 10.2 Å². The van der Waals surface area contributed by atoms with E-state index < -0.39 is 0 Å². The molecule has 7 heteroatoms. The molecular formula is C17H14ClN5S. The maximum absolute atomic E-state index is 5.97. The van der Waals surface area contributed by atoms with Crippen LogP contribution in [0.2, 0.25) is 5.02 Å². The average Bonchev–Trinajstić information content (AvgIpc) is 3.00. The number of nitrogens with one attached hydrogen (secondary N) is 1. The number of halogens is 1. The van der Waals surface area contributed by atoms with Gasteiger partial charge in [0.15, 0.2) is 5.11 Å². The Morgan fingerprint density at radius 3 is 2.54 bits per heavy atom. The summed E-state index contributed by atoms with van der Waals surface area (Å²) in [6.07, 6.45) is 3.53. The van der Waals surface area contributed by atoms with Gasteiger partial charge in [0.1, 0.15) is 5.69 Å². The molecule has 0 radical (unpaired) electrons. The molecule has 0 bridgehead atoms. The van der Waals surface area contributed by atoms with Crippen molar-refractivity contribution in [1.82, 2.24) is 15.2 Å². The Balaban J connectivity index is 2.04. The van der Waals surface area contributed by atoms with E-state index in [4.69, 9.17) is 29.6 Å². The molecule has 3 rings (SSSR count). The van der Waals surface area contributed by atoms with Crippen LogP contribution in [0.4, 0.5) is 0 Å². The fourth-order valence-electron chi connectivity index (χ4n) is 2.19. The van der Waals surface area contributed by atoms with Crippen molar-refractivity contribution in [3.05, 3.63) is 71.4 Å². The topological polar surface area (TPSA) is 68.2 Å². The SMILES string of the molecule is NC(=S)N/N=C/c1cn(-c2ccccc2)nc1-c1ccc(Cl)cc1. The molecule has 0 aliphatic rings. The zero-order valence-electron chi connectivity index (χ0n) is 12.6. The normalized spacial score (nSPS) is 10.9. The summed E-state index contributed by atoms with van der Waals surface area (Å²) < 4.78 is 1.80. The van der Waals surface area contributed by atoms with Gasteiger partial charge in [-0.05, 0) is 36.5 Å². The number of para-hydroxylation sites is 1. The monoisotopic (exact) mass is 355 g/mol. The largest absolute Gasteiger partial charge is 0.375 e. The quantitative estimate of drug-likeness (QED) is 0.428. The van der Waals surface area contributed by atoms with E-state index in [1.54, 1.807) is 10.9 Å². The van der Waals surface area contributed by atoms with Crippen molar-refractivity contribution in [1.29, 1.82) is 0 Å². The van der Waals surface area contributed by atoms with Gasteiger partial charge in [0.05, 0.1) is 11.9 Å². The first-order valence-corrected chi connectivity index (χ1v) is 7.91. The predicted molar refractivity (Wildman–Crippen MR) is 102 cm³/mol. The van der Waals surface area contributed by atoms with Gasteiger partial charge in [0.2, 0.25) is 0 Å². The smallest absolute Gasteiger partial charge is 0.184 e. The molecule has 0 spiro atoms. The maximum atomic E-state index is 5.97. The molecule has 0 fully saturated rings. The van der Waals surface area contributed by atoms with Crippen molar-refractivity contribution in [2.45, 2.75) is 0 Å².